The molecule has 1 fully saturated rings. The Hall–Kier alpha value is -1.95. The molecule has 1 amide bonds. The lowest BCUT2D eigenvalue weighted by Gasteiger charge is -2.22. The van der Waals surface area contributed by atoms with Crippen molar-refractivity contribution < 1.29 is 19.4 Å². The summed E-state index contributed by atoms with van der Waals surface area (Å²) in [4.78, 5) is 29.0. The van der Waals surface area contributed by atoms with E-state index in [9.17, 15) is 9.59 Å². The van der Waals surface area contributed by atoms with Crippen molar-refractivity contribution in [1.29, 1.82) is 0 Å². The molecule has 0 saturated heterocycles. The van der Waals surface area contributed by atoms with Crippen LogP contribution in [0.4, 0.5) is 0 Å². The summed E-state index contributed by atoms with van der Waals surface area (Å²) in [5.74, 6) is -1.95. The van der Waals surface area contributed by atoms with Gasteiger partial charge in [-0.3, -0.25) is 14.6 Å². The van der Waals surface area contributed by atoms with Gasteiger partial charge in [0, 0.05) is 19.9 Å². The third-order valence-electron chi connectivity index (χ3n) is 3.38. The van der Waals surface area contributed by atoms with Gasteiger partial charge >= 0.3 is 5.97 Å². The van der Waals surface area contributed by atoms with Gasteiger partial charge in [-0.15, -0.1) is 0 Å². The third kappa shape index (κ3) is 3.54. The zero-order valence-corrected chi connectivity index (χ0v) is 11.4. The number of hydrogen-bond acceptors (Lipinski definition) is 4. The summed E-state index contributed by atoms with van der Waals surface area (Å²) < 4.78 is 5.00. The zero-order valence-electron chi connectivity index (χ0n) is 11.4. The number of pyridine rings is 1. The maximum atomic E-state index is 12.3. The number of ether oxygens (including phenoxy) is 1. The second-order valence-electron chi connectivity index (χ2n) is 4.86. The number of nitrogens with zero attached hydrogens (tertiary/aromatic N) is 2. The monoisotopic (exact) mass is 278 g/mol. The molecule has 1 N–H and O–H groups in total. The quantitative estimate of drug-likeness (QED) is 0.797. The predicted octanol–water partition coefficient (Wildman–Crippen LogP) is 0.777. The molecule has 1 aromatic heterocycles. The zero-order chi connectivity index (χ0) is 14.5. The van der Waals surface area contributed by atoms with Crippen LogP contribution in [0.3, 0.4) is 0 Å². The molecular formula is C14H18N2O4. The molecule has 6 nitrogen and oxygen atoms in total. The van der Waals surface area contributed by atoms with Crippen LogP contribution in [0.15, 0.2) is 24.4 Å². The van der Waals surface area contributed by atoms with Crippen LogP contribution in [0, 0.1) is 11.8 Å². The first-order chi connectivity index (χ1) is 9.63. The van der Waals surface area contributed by atoms with Crippen molar-refractivity contribution in [3.63, 3.8) is 0 Å². The third-order valence-corrected chi connectivity index (χ3v) is 3.38. The first-order valence-corrected chi connectivity index (χ1v) is 6.54. The number of hydrogen-bond donors (Lipinski definition) is 1. The van der Waals surface area contributed by atoms with Gasteiger partial charge in [0.15, 0.2) is 0 Å². The van der Waals surface area contributed by atoms with E-state index < -0.39 is 17.8 Å². The fourth-order valence-corrected chi connectivity index (χ4v) is 2.13. The first kappa shape index (κ1) is 14.5. The van der Waals surface area contributed by atoms with Crippen molar-refractivity contribution in [1.82, 2.24) is 9.88 Å². The summed E-state index contributed by atoms with van der Waals surface area (Å²) in [5.41, 5.74) is 0.782. The van der Waals surface area contributed by atoms with Crippen LogP contribution in [0.5, 0.6) is 0 Å². The Morgan fingerprint density at radius 2 is 2.25 bits per heavy atom. The van der Waals surface area contributed by atoms with Gasteiger partial charge in [-0.25, -0.2) is 0 Å². The molecule has 108 valence electrons. The van der Waals surface area contributed by atoms with Crippen LogP contribution in [0.1, 0.15) is 12.1 Å². The van der Waals surface area contributed by atoms with Crippen molar-refractivity contribution in [2.45, 2.75) is 13.0 Å². The van der Waals surface area contributed by atoms with E-state index in [1.807, 2.05) is 18.2 Å². The average molecular weight is 278 g/mol. The van der Waals surface area contributed by atoms with Crippen molar-refractivity contribution in [3.8, 4) is 0 Å². The van der Waals surface area contributed by atoms with E-state index in [1.165, 1.54) is 0 Å². The Morgan fingerprint density at radius 3 is 2.80 bits per heavy atom. The molecule has 0 unspecified atom stereocenters. The minimum Gasteiger partial charge on any atom is -0.481 e. The Labute approximate surface area is 117 Å². The Bertz CT molecular complexity index is 477. The molecule has 2 rings (SSSR count). The molecule has 1 aliphatic rings. The second-order valence-corrected chi connectivity index (χ2v) is 4.86. The van der Waals surface area contributed by atoms with Gasteiger partial charge in [0.25, 0.3) is 0 Å². The normalized spacial score (nSPS) is 20.4. The van der Waals surface area contributed by atoms with Crippen LogP contribution in [-0.2, 0) is 20.9 Å². The van der Waals surface area contributed by atoms with Crippen molar-refractivity contribution in [2.24, 2.45) is 11.8 Å². The number of methoxy groups -OCH3 is 1. The van der Waals surface area contributed by atoms with E-state index in [0.717, 1.165) is 5.69 Å². The fraction of sp³-hybridized carbons (Fsp3) is 0.500. The van der Waals surface area contributed by atoms with Crippen molar-refractivity contribution in [3.05, 3.63) is 30.1 Å². The van der Waals surface area contributed by atoms with E-state index in [0.29, 0.717) is 26.1 Å². The molecule has 0 spiro atoms. The maximum absolute atomic E-state index is 12.3. The lowest BCUT2D eigenvalue weighted by Crippen LogP contribution is -2.35. The minimum atomic E-state index is -0.895. The van der Waals surface area contributed by atoms with E-state index in [-0.39, 0.29) is 5.91 Å². The Morgan fingerprint density at radius 1 is 1.45 bits per heavy atom. The summed E-state index contributed by atoms with van der Waals surface area (Å²) in [6.07, 6.45) is 2.10. The minimum absolute atomic E-state index is 0.125. The number of carboxylic acids is 1. The Balaban J connectivity index is 2.00. The largest absolute Gasteiger partial charge is 0.481 e. The van der Waals surface area contributed by atoms with Gasteiger partial charge in [0.2, 0.25) is 5.91 Å². The topological polar surface area (TPSA) is 79.7 Å². The number of carbonyl (C=O) groups is 2. The van der Waals surface area contributed by atoms with Gasteiger partial charge in [-0.2, -0.15) is 0 Å². The number of amides is 1. The van der Waals surface area contributed by atoms with Crippen LogP contribution in [-0.4, -0.2) is 47.1 Å². The molecule has 1 aliphatic carbocycles. The summed E-state index contributed by atoms with van der Waals surface area (Å²) in [5, 5.41) is 8.91. The molecule has 2 atom stereocenters. The van der Waals surface area contributed by atoms with Gasteiger partial charge < -0.3 is 14.7 Å². The lowest BCUT2D eigenvalue weighted by molar-refractivity contribution is -0.142. The maximum Gasteiger partial charge on any atom is 0.307 e. The van der Waals surface area contributed by atoms with E-state index in [1.54, 1.807) is 18.2 Å². The van der Waals surface area contributed by atoms with Gasteiger partial charge in [0.05, 0.1) is 30.7 Å². The van der Waals surface area contributed by atoms with Crippen molar-refractivity contribution in [2.75, 3.05) is 20.3 Å². The second kappa shape index (κ2) is 6.47. The highest BCUT2D eigenvalue weighted by Gasteiger charge is 2.49. The summed E-state index contributed by atoms with van der Waals surface area (Å²) >= 11 is 0. The smallest absolute Gasteiger partial charge is 0.307 e. The molecule has 0 aromatic carbocycles. The molecule has 0 aliphatic heterocycles. The molecule has 1 heterocycles. The van der Waals surface area contributed by atoms with E-state index in [4.69, 9.17) is 9.84 Å². The van der Waals surface area contributed by atoms with Crippen LogP contribution >= 0.6 is 0 Å². The highest BCUT2D eigenvalue weighted by atomic mass is 16.5. The highest BCUT2D eigenvalue weighted by molar-refractivity contribution is 5.89. The van der Waals surface area contributed by atoms with Crippen LogP contribution < -0.4 is 0 Å². The molecule has 20 heavy (non-hydrogen) atoms. The van der Waals surface area contributed by atoms with Gasteiger partial charge in [0.1, 0.15) is 0 Å². The summed E-state index contributed by atoms with van der Waals surface area (Å²) in [7, 11) is 1.57. The number of rotatable bonds is 7. The average Bonchev–Trinajstić information content (AvgIpc) is 3.24. The number of aromatic nitrogens is 1. The summed E-state index contributed by atoms with van der Waals surface area (Å²) in [6, 6.07) is 5.51. The molecule has 0 bridgehead atoms. The van der Waals surface area contributed by atoms with Crippen LogP contribution in [0.25, 0.3) is 0 Å². The van der Waals surface area contributed by atoms with Gasteiger partial charge in [-0.1, -0.05) is 6.07 Å². The van der Waals surface area contributed by atoms with Crippen molar-refractivity contribution >= 4 is 11.9 Å². The van der Waals surface area contributed by atoms with E-state index >= 15 is 0 Å². The molecule has 1 aromatic rings. The van der Waals surface area contributed by atoms with E-state index in [2.05, 4.69) is 4.98 Å². The SMILES string of the molecule is COCCN(Cc1ccccn1)C(=O)[C@@H]1C[C@@H]1C(=O)O. The molecule has 1 saturated carbocycles. The highest BCUT2D eigenvalue weighted by Crippen LogP contribution is 2.40. The number of carbonyl (C=O) groups excluding carboxylic acids is 1. The summed E-state index contributed by atoms with van der Waals surface area (Å²) in [6.45, 7) is 1.24. The standard InChI is InChI=1S/C14H18N2O4/c1-20-7-6-16(9-10-4-2-3-5-15-10)13(17)11-8-12(11)14(18)19/h2-5,11-12H,6-9H2,1H3,(H,18,19)/t11-,12+/m1/s1. The number of carboxylic acid groups (broad SMARTS) is 1. The lowest BCUT2D eigenvalue weighted by atomic mass is 10.2. The fourth-order valence-electron chi connectivity index (χ4n) is 2.13. The molecular weight excluding hydrogens is 260 g/mol. The van der Waals surface area contributed by atoms with Crippen LogP contribution in [0.2, 0.25) is 0 Å². The predicted molar refractivity (Wildman–Crippen MR) is 70.8 cm³/mol. The first-order valence-electron chi connectivity index (χ1n) is 6.54. The molecule has 6 heteroatoms. The number of aliphatic carboxylic acids is 1. The molecule has 0 radical (unpaired) electrons. The van der Waals surface area contributed by atoms with Gasteiger partial charge in [-0.05, 0) is 18.6 Å². The Kier molecular flexibility index (Phi) is 4.68.